The van der Waals surface area contributed by atoms with Crippen LogP contribution in [0.3, 0.4) is 0 Å². The molecule has 0 aromatic heterocycles. The predicted molar refractivity (Wildman–Crippen MR) is 188 cm³/mol. The number of esters is 1. The zero-order chi connectivity index (χ0) is 35.6. The smallest absolute Gasteiger partial charge is 0.407 e. The predicted octanol–water partition coefficient (Wildman–Crippen LogP) is 6.25. The molecule has 1 atom stereocenters. The standard InChI is InChI=1S/C40H40N2O9/c43-37(44)25-48-21-22-49-38(45)36(42-40(47)51-24-35-32-17-7-3-13-28(32)29-14-4-8-18-33(29)35)19-9-10-20-41-39(46)50-23-34-30-15-5-1-11-26(30)27-12-2-6-16-31(27)34/h1-8,11-18,34-36H,9-10,19-25H2,(H,41,46)(H,42,47)(H,43,44). The number of ether oxygens (including phenoxy) is 4. The highest BCUT2D eigenvalue weighted by Crippen LogP contribution is 2.45. The Morgan fingerprint density at radius 2 is 1.08 bits per heavy atom. The number of carbonyl (C=O) groups excluding carboxylic acids is 3. The highest BCUT2D eigenvalue weighted by atomic mass is 16.6. The van der Waals surface area contributed by atoms with Crippen molar-refractivity contribution in [2.24, 2.45) is 0 Å². The molecule has 2 amide bonds. The summed E-state index contributed by atoms with van der Waals surface area (Å²) in [5.41, 5.74) is 8.87. The van der Waals surface area contributed by atoms with Gasteiger partial charge < -0.3 is 34.7 Å². The molecule has 51 heavy (non-hydrogen) atoms. The van der Waals surface area contributed by atoms with Crippen molar-refractivity contribution in [1.29, 1.82) is 0 Å². The van der Waals surface area contributed by atoms with Crippen LogP contribution >= 0.6 is 0 Å². The number of carboxylic acids is 1. The molecule has 0 radical (unpaired) electrons. The number of nitrogens with one attached hydrogen (secondary N) is 2. The van der Waals surface area contributed by atoms with Gasteiger partial charge in [0.15, 0.2) is 0 Å². The normalized spacial score (nSPS) is 13.3. The minimum absolute atomic E-state index is 0.0477. The van der Waals surface area contributed by atoms with Crippen LogP contribution in [0.2, 0.25) is 0 Å². The van der Waals surface area contributed by atoms with Crippen molar-refractivity contribution in [1.82, 2.24) is 10.6 Å². The molecule has 0 bridgehead atoms. The van der Waals surface area contributed by atoms with E-state index >= 15 is 0 Å². The van der Waals surface area contributed by atoms with E-state index < -0.39 is 36.8 Å². The van der Waals surface area contributed by atoms with Crippen LogP contribution in [0.25, 0.3) is 22.3 Å². The highest BCUT2D eigenvalue weighted by molar-refractivity contribution is 5.82. The Morgan fingerprint density at radius 3 is 1.57 bits per heavy atom. The van der Waals surface area contributed by atoms with Crippen LogP contribution in [-0.2, 0) is 28.5 Å². The van der Waals surface area contributed by atoms with E-state index in [1.807, 2.05) is 72.8 Å². The number of hydrogen-bond donors (Lipinski definition) is 3. The first-order valence-corrected chi connectivity index (χ1v) is 17.1. The van der Waals surface area contributed by atoms with Crippen molar-refractivity contribution in [2.75, 3.05) is 39.6 Å². The fourth-order valence-corrected chi connectivity index (χ4v) is 6.81. The maximum absolute atomic E-state index is 13.0. The molecular formula is C40H40N2O9. The van der Waals surface area contributed by atoms with Gasteiger partial charge in [0.25, 0.3) is 0 Å². The second-order valence-corrected chi connectivity index (χ2v) is 12.4. The van der Waals surface area contributed by atoms with Gasteiger partial charge in [-0.3, -0.25) is 0 Å². The molecule has 0 aliphatic heterocycles. The van der Waals surface area contributed by atoms with E-state index in [0.717, 1.165) is 44.5 Å². The number of hydrogen-bond acceptors (Lipinski definition) is 8. The van der Waals surface area contributed by atoms with Crippen LogP contribution in [0.5, 0.6) is 0 Å². The molecule has 11 heteroatoms. The first kappa shape index (κ1) is 35.2. The van der Waals surface area contributed by atoms with Crippen molar-refractivity contribution >= 4 is 24.1 Å². The Bertz CT molecular complexity index is 1790. The van der Waals surface area contributed by atoms with Gasteiger partial charge >= 0.3 is 24.1 Å². The molecule has 0 saturated carbocycles. The summed E-state index contributed by atoms with van der Waals surface area (Å²) >= 11 is 0. The lowest BCUT2D eigenvalue weighted by Crippen LogP contribution is -2.43. The molecule has 0 spiro atoms. The van der Waals surface area contributed by atoms with Crippen LogP contribution in [0, 0.1) is 0 Å². The third kappa shape index (κ3) is 8.56. The second-order valence-electron chi connectivity index (χ2n) is 12.4. The summed E-state index contributed by atoms with van der Waals surface area (Å²) in [7, 11) is 0. The number of unbranched alkanes of at least 4 members (excludes halogenated alkanes) is 1. The molecule has 264 valence electrons. The molecule has 2 aliphatic rings. The van der Waals surface area contributed by atoms with Crippen molar-refractivity contribution < 1.29 is 43.2 Å². The van der Waals surface area contributed by atoms with Crippen molar-refractivity contribution in [3.8, 4) is 22.3 Å². The fourth-order valence-electron chi connectivity index (χ4n) is 6.81. The summed E-state index contributed by atoms with van der Waals surface area (Å²) < 4.78 is 21.5. The van der Waals surface area contributed by atoms with Crippen molar-refractivity contribution in [3.63, 3.8) is 0 Å². The lowest BCUT2D eigenvalue weighted by atomic mass is 9.98. The monoisotopic (exact) mass is 692 g/mol. The molecule has 4 aromatic rings. The first-order chi connectivity index (χ1) is 24.9. The molecule has 2 aliphatic carbocycles. The van der Waals surface area contributed by atoms with Crippen LogP contribution in [0.15, 0.2) is 97.1 Å². The van der Waals surface area contributed by atoms with Crippen LogP contribution in [0.1, 0.15) is 53.4 Å². The minimum atomic E-state index is -1.14. The van der Waals surface area contributed by atoms with Crippen LogP contribution in [-0.4, -0.2) is 74.9 Å². The topological polar surface area (TPSA) is 149 Å². The molecule has 6 rings (SSSR count). The van der Waals surface area contributed by atoms with Gasteiger partial charge in [-0.25, -0.2) is 19.2 Å². The molecule has 0 heterocycles. The van der Waals surface area contributed by atoms with Gasteiger partial charge in [0.05, 0.1) is 6.61 Å². The molecule has 0 fully saturated rings. The Hall–Kier alpha value is -5.68. The quantitative estimate of drug-likeness (QED) is 0.0704. The Balaban J connectivity index is 0.975. The van der Waals surface area contributed by atoms with E-state index in [9.17, 15) is 19.2 Å². The number of aliphatic carboxylic acids is 1. The van der Waals surface area contributed by atoms with Crippen LogP contribution in [0.4, 0.5) is 9.59 Å². The summed E-state index contributed by atoms with van der Waals surface area (Å²) in [6.45, 7) is -0.233. The highest BCUT2D eigenvalue weighted by Gasteiger charge is 2.31. The zero-order valence-electron chi connectivity index (χ0n) is 28.0. The number of carbonyl (C=O) groups is 4. The molecular weight excluding hydrogens is 652 g/mol. The van der Waals surface area contributed by atoms with Gasteiger partial charge in [-0.2, -0.15) is 0 Å². The maximum atomic E-state index is 13.0. The summed E-state index contributed by atoms with van der Waals surface area (Å²) in [4.78, 5) is 49.2. The summed E-state index contributed by atoms with van der Waals surface area (Å²) in [5.74, 6) is -2.04. The minimum Gasteiger partial charge on any atom is -0.480 e. The third-order valence-corrected chi connectivity index (χ3v) is 9.15. The van der Waals surface area contributed by atoms with E-state index in [4.69, 9.17) is 24.1 Å². The zero-order valence-corrected chi connectivity index (χ0v) is 28.0. The number of benzene rings is 4. The number of rotatable bonds is 16. The Labute approximate surface area is 295 Å². The summed E-state index contributed by atoms with van der Waals surface area (Å²) in [6, 6.07) is 31.2. The number of amides is 2. The van der Waals surface area contributed by atoms with E-state index in [2.05, 4.69) is 34.9 Å². The molecule has 4 aromatic carbocycles. The third-order valence-electron chi connectivity index (χ3n) is 9.15. The fraction of sp³-hybridized carbons (Fsp3) is 0.300. The van der Waals surface area contributed by atoms with Gasteiger partial charge in [0.2, 0.25) is 0 Å². The van der Waals surface area contributed by atoms with Gasteiger partial charge in [-0.05, 0) is 63.8 Å². The largest absolute Gasteiger partial charge is 0.480 e. The lowest BCUT2D eigenvalue weighted by Gasteiger charge is -2.19. The van der Waals surface area contributed by atoms with Crippen molar-refractivity contribution in [3.05, 3.63) is 119 Å². The maximum Gasteiger partial charge on any atom is 0.407 e. The lowest BCUT2D eigenvalue weighted by molar-refractivity contribution is -0.149. The number of alkyl carbamates (subject to hydrolysis) is 2. The van der Waals surface area contributed by atoms with Gasteiger partial charge in [-0.15, -0.1) is 0 Å². The van der Waals surface area contributed by atoms with E-state index in [1.54, 1.807) is 0 Å². The van der Waals surface area contributed by atoms with E-state index in [-0.39, 0.29) is 44.7 Å². The second kappa shape index (κ2) is 16.8. The van der Waals surface area contributed by atoms with Gasteiger partial charge in [0.1, 0.15) is 32.5 Å². The van der Waals surface area contributed by atoms with E-state index in [1.165, 1.54) is 0 Å². The molecule has 0 saturated heterocycles. The molecule has 11 nitrogen and oxygen atoms in total. The average Bonchev–Trinajstić information content (AvgIpc) is 3.64. The number of fused-ring (bicyclic) bond motifs is 6. The summed E-state index contributed by atoms with van der Waals surface area (Å²) in [5, 5.41) is 14.1. The molecule has 1 unspecified atom stereocenters. The Kier molecular flexibility index (Phi) is 11.6. The average molecular weight is 693 g/mol. The molecule has 3 N–H and O–H groups in total. The number of carboxylic acid groups (broad SMARTS) is 1. The van der Waals surface area contributed by atoms with Crippen molar-refractivity contribution in [2.45, 2.75) is 37.1 Å². The van der Waals surface area contributed by atoms with Gasteiger partial charge in [0, 0.05) is 18.4 Å². The van der Waals surface area contributed by atoms with Gasteiger partial charge in [-0.1, -0.05) is 97.1 Å². The first-order valence-electron chi connectivity index (χ1n) is 17.1. The van der Waals surface area contributed by atoms with Crippen LogP contribution < -0.4 is 10.6 Å². The summed E-state index contributed by atoms with van der Waals surface area (Å²) in [6.07, 6.45) is -0.126. The Morgan fingerprint density at radius 1 is 0.608 bits per heavy atom. The van der Waals surface area contributed by atoms with E-state index in [0.29, 0.717) is 19.4 Å². The SMILES string of the molecule is O=C(O)COCCOC(=O)C(CCCCNC(=O)OCC1c2ccccc2-c2ccccc21)NC(=O)OCC1c2ccccc2-c2ccccc21.